The van der Waals surface area contributed by atoms with E-state index >= 15 is 0 Å². The van der Waals surface area contributed by atoms with Crippen LogP contribution in [-0.2, 0) is 24.0 Å². The summed E-state index contributed by atoms with van der Waals surface area (Å²) in [6.45, 7) is 7.01. The summed E-state index contributed by atoms with van der Waals surface area (Å²) in [7, 11) is 0. The van der Waals surface area contributed by atoms with Crippen LogP contribution in [0.25, 0.3) is 0 Å². The van der Waals surface area contributed by atoms with Crippen molar-refractivity contribution in [2.24, 2.45) is 0 Å². The molecule has 4 rings (SSSR count). The van der Waals surface area contributed by atoms with Gasteiger partial charge in [0.05, 0.1) is 55.7 Å². The summed E-state index contributed by atoms with van der Waals surface area (Å²) in [5.74, 6) is 0.372. The molecule has 1 saturated heterocycles. The highest BCUT2D eigenvalue weighted by Crippen LogP contribution is 2.35. The van der Waals surface area contributed by atoms with Crippen LogP contribution >= 0.6 is 11.6 Å². The van der Waals surface area contributed by atoms with Gasteiger partial charge in [-0.05, 0) is 56.1 Å². The maximum atomic E-state index is 13.3. The predicted octanol–water partition coefficient (Wildman–Crippen LogP) is 4.45. The summed E-state index contributed by atoms with van der Waals surface area (Å²) in [6, 6.07) is 2.58. The van der Waals surface area contributed by atoms with Crippen LogP contribution in [0.4, 0.5) is 29.5 Å². The van der Waals surface area contributed by atoms with Crippen LogP contribution in [0, 0.1) is 0 Å². The molecule has 0 saturated carbocycles. The van der Waals surface area contributed by atoms with Gasteiger partial charge in [-0.3, -0.25) is 0 Å². The predicted molar refractivity (Wildman–Crippen MR) is 121 cm³/mol. The topological polar surface area (TPSA) is 96.6 Å². The fraction of sp³-hybridized carbons (Fsp3) is 0.500. The van der Waals surface area contributed by atoms with E-state index < -0.39 is 17.8 Å². The van der Waals surface area contributed by atoms with Gasteiger partial charge in [-0.2, -0.15) is 13.2 Å². The van der Waals surface area contributed by atoms with Crippen molar-refractivity contribution < 1.29 is 22.7 Å². The molecular weight excluding hydrogens is 473 g/mol. The number of nitrogens with zero attached hydrogens (tertiary/aromatic N) is 4. The van der Waals surface area contributed by atoms with Crippen LogP contribution in [0.5, 0.6) is 0 Å². The zero-order valence-corrected chi connectivity index (χ0v) is 19.7. The van der Waals surface area contributed by atoms with E-state index in [1.165, 1.54) is 6.07 Å². The van der Waals surface area contributed by atoms with E-state index in [0.717, 1.165) is 12.1 Å². The molecule has 1 aromatic carbocycles. The molecule has 2 amide bonds. The first-order chi connectivity index (χ1) is 15.9. The lowest BCUT2D eigenvalue weighted by atomic mass is 10.0. The smallest absolute Gasteiger partial charge is 0.399 e. The maximum Gasteiger partial charge on any atom is 0.416 e. The molecule has 3 N–H and O–H groups in total. The first-order valence-electron chi connectivity index (χ1n) is 10.9. The molecule has 0 spiro atoms. The molecule has 0 bridgehead atoms. The van der Waals surface area contributed by atoms with E-state index in [9.17, 15) is 18.0 Å². The number of nitrogens with one attached hydrogen (secondary N) is 1. The minimum absolute atomic E-state index is 0.00921. The number of hydrogen-bond acceptors (Lipinski definition) is 6. The van der Waals surface area contributed by atoms with Crippen molar-refractivity contribution in [3.63, 3.8) is 0 Å². The second-order valence-electron chi connectivity index (χ2n) is 8.80. The lowest BCUT2D eigenvalue weighted by Gasteiger charge is -2.40. The Morgan fingerprint density at radius 1 is 1.21 bits per heavy atom. The molecule has 1 aromatic heterocycles. The number of amides is 2. The monoisotopic (exact) mass is 498 g/mol. The summed E-state index contributed by atoms with van der Waals surface area (Å²) in [4.78, 5) is 25.3. The third kappa shape index (κ3) is 4.85. The summed E-state index contributed by atoms with van der Waals surface area (Å²) < 4.78 is 45.2. The van der Waals surface area contributed by atoms with Gasteiger partial charge in [-0.15, -0.1) is 0 Å². The van der Waals surface area contributed by atoms with E-state index in [1.807, 2.05) is 13.8 Å². The van der Waals surface area contributed by atoms with Gasteiger partial charge in [0.15, 0.2) is 0 Å². The zero-order chi connectivity index (χ0) is 24.8. The summed E-state index contributed by atoms with van der Waals surface area (Å²) in [5.41, 5.74) is 6.52. The van der Waals surface area contributed by atoms with Gasteiger partial charge < -0.3 is 25.6 Å². The second-order valence-corrected chi connectivity index (χ2v) is 9.14. The number of anilines is 2. The van der Waals surface area contributed by atoms with Crippen molar-refractivity contribution in [1.29, 1.82) is 0 Å². The number of morpholine rings is 1. The first kappa shape index (κ1) is 24.3. The third-order valence-corrected chi connectivity index (χ3v) is 6.24. The molecule has 2 aliphatic rings. The average Bonchev–Trinajstić information content (AvgIpc) is 3.16. The molecule has 2 aliphatic heterocycles. The molecule has 0 radical (unpaired) electrons. The van der Waals surface area contributed by atoms with Gasteiger partial charge in [-0.1, -0.05) is 0 Å². The standard InChI is InChI=1S/C22H26ClF3N6O2/c1-11-9-34-10-12(2)32(11)21(33)31-7-17-18(8-31)29-20(23)30-19(17)28-13(3)14-4-15(22(24,25)26)6-16(27)5-14/h4-6,11-13H,7-10,27H2,1-3H3,(H,28,29,30)/t11-,12+,13-/m1/s1. The number of aromatic nitrogens is 2. The molecule has 184 valence electrons. The van der Waals surface area contributed by atoms with Crippen LogP contribution in [0.3, 0.4) is 0 Å². The van der Waals surface area contributed by atoms with Crippen LogP contribution in [0.15, 0.2) is 18.2 Å². The van der Waals surface area contributed by atoms with E-state index in [0.29, 0.717) is 35.9 Å². The average molecular weight is 499 g/mol. The highest BCUT2D eigenvalue weighted by molar-refractivity contribution is 6.28. The molecule has 2 aromatic rings. The minimum Gasteiger partial charge on any atom is -0.399 e. The summed E-state index contributed by atoms with van der Waals surface area (Å²) in [6.07, 6.45) is -4.52. The fourth-order valence-electron chi connectivity index (χ4n) is 4.40. The quantitative estimate of drug-likeness (QED) is 0.479. The number of carbonyl (C=O) groups excluding carboxylic acids is 1. The number of alkyl halides is 3. The Hall–Kier alpha value is -2.79. The van der Waals surface area contributed by atoms with Gasteiger partial charge in [0.2, 0.25) is 5.28 Å². The molecule has 12 heteroatoms. The molecule has 3 atom stereocenters. The van der Waals surface area contributed by atoms with Crippen molar-refractivity contribution in [3.8, 4) is 0 Å². The molecule has 1 fully saturated rings. The van der Waals surface area contributed by atoms with Crippen LogP contribution in [0.2, 0.25) is 5.28 Å². The number of rotatable bonds is 3. The van der Waals surface area contributed by atoms with Crippen molar-refractivity contribution in [3.05, 3.63) is 45.9 Å². The van der Waals surface area contributed by atoms with Crippen LogP contribution < -0.4 is 11.1 Å². The van der Waals surface area contributed by atoms with E-state index in [1.54, 1.807) is 16.7 Å². The van der Waals surface area contributed by atoms with Crippen LogP contribution in [0.1, 0.15) is 49.2 Å². The number of nitrogen functional groups attached to an aromatic ring is 1. The number of halogens is 4. The Morgan fingerprint density at radius 2 is 1.88 bits per heavy atom. The lowest BCUT2D eigenvalue weighted by molar-refractivity contribution is -0.137. The molecule has 8 nitrogen and oxygen atoms in total. The Balaban J connectivity index is 1.57. The van der Waals surface area contributed by atoms with Crippen molar-refractivity contribution in [2.45, 2.75) is 58.2 Å². The minimum atomic E-state index is -4.52. The highest BCUT2D eigenvalue weighted by atomic mass is 35.5. The third-order valence-electron chi connectivity index (χ3n) is 6.07. The number of nitrogens with two attached hydrogens (primary N) is 1. The number of ether oxygens (including phenoxy) is 1. The van der Waals surface area contributed by atoms with Gasteiger partial charge in [0.1, 0.15) is 5.82 Å². The Labute approximate surface area is 200 Å². The van der Waals surface area contributed by atoms with Gasteiger partial charge >= 0.3 is 12.2 Å². The van der Waals surface area contributed by atoms with Gasteiger partial charge in [-0.25, -0.2) is 14.8 Å². The maximum absolute atomic E-state index is 13.3. The Morgan fingerprint density at radius 3 is 2.53 bits per heavy atom. The lowest BCUT2D eigenvalue weighted by Crippen LogP contribution is -2.55. The normalized spacial score (nSPS) is 21.4. The number of carbonyl (C=O) groups is 1. The van der Waals surface area contributed by atoms with Crippen molar-refractivity contribution >= 4 is 29.1 Å². The Kier molecular flexibility index (Phi) is 6.52. The number of hydrogen-bond donors (Lipinski definition) is 2. The van der Waals surface area contributed by atoms with E-state index in [-0.39, 0.29) is 42.2 Å². The largest absolute Gasteiger partial charge is 0.416 e. The number of benzene rings is 1. The number of urea groups is 1. The Bertz CT molecular complexity index is 1090. The van der Waals surface area contributed by atoms with Crippen LogP contribution in [-0.4, -0.2) is 51.1 Å². The van der Waals surface area contributed by atoms with Gasteiger partial charge in [0.25, 0.3) is 0 Å². The first-order valence-corrected chi connectivity index (χ1v) is 11.3. The summed E-state index contributed by atoms with van der Waals surface area (Å²) in [5, 5.41) is 3.12. The van der Waals surface area contributed by atoms with E-state index in [2.05, 4.69) is 15.3 Å². The molecule has 0 aliphatic carbocycles. The molecule has 0 unspecified atom stereocenters. The number of fused-ring (bicyclic) bond motifs is 1. The second kappa shape index (κ2) is 9.10. The summed E-state index contributed by atoms with van der Waals surface area (Å²) >= 11 is 6.13. The van der Waals surface area contributed by atoms with E-state index in [4.69, 9.17) is 22.1 Å². The molecule has 3 heterocycles. The van der Waals surface area contributed by atoms with Gasteiger partial charge in [0, 0.05) is 11.3 Å². The molecular formula is C22H26ClF3N6O2. The zero-order valence-electron chi connectivity index (χ0n) is 19.0. The SMILES string of the molecule is C[C@@H]1COC[C@H](C)N1C(=O)N1Cc2nc(Cl)nc(N[C@H](C)c3cc(N)cc(C(F)(F)F)c3)c2C1. The molecule has 34 heavy (non-hydrogen) atoms. The van der Waals surface area contributed by atoms with Crippen molar-refractivity contribution in [2.75, 3.05) is 24.3 Å². The highest BCUT2D eigenvalue weighted by Gasteiger charge is 2.37. The fourth-order valence-corrected chi connectivity index (χ4v) is 4.59. The van der Waals surface area contributed by atoms with Crippen molar-refractivity contribution in [1.82, 2.24) is 19.8 Å².